The first-order chi connectivity index (χ1) is 10.1. The van der Waals surface area contributed by atoms with E-state index in [0.717, 1.165) is 0 Å². The Labute approximate surface area is 123 Å². The molecule has 2 heterocycles. The molecule has 1 aromatic carbocycles. The maximum absolute atomic E-state index is 11.3. The van der Waals surface area contributed by atoms with Crippen molar-refractivity contribution in [3.05, 3.63) is 68.4 Å². The molecular formula is C13H9ClN4O3. The minimum absolute atomic E-state index is 0.00417. The zero-order valence-corrected chi connectivity index (χ0v) is 11.3. The number of benzene rings is 1. The highest BCUT2D eigenvalue weighted by Crippen LogP contribution is 2.34. The van der Waals surface area contributed by atoms with Crippen molar-refractivity contribution in [2.24, 2.45) is 0 Å². The zero-order chi connectivity index (χ0) is 15.0. The number of fused-ring (bicyclic) bond motifs is 1. The van der Waals surface area contributed by atoms with Crippen molar-refractivity contribution < 1.29 is 4.92 Å². The van der Waals surface area contributed by atoms with Crippen LogP contribution in [0.5, 0.6) is 0 Å². The highest BCUT2D eigenvalue weighted by Gasteiger charge is 2.20. The normalized spacial score (nSPS) is 12.2. The van der Waals surface area contributed by atoms with E-state index >= 15 is 0 Å². The van der Waals surface area contributed by atoms with Crippen molar-refractivity contribution in [3.8, 4) is 5.69 Å². The molecular weight excluding hydrogens is 296 g/mol. The third kappa shape index (κ3) is 2.34. The first-order valence-electron chi connectivity index (χ1n) is 5.95. The second-order valence-corrected chi connectivity index (χ2v) is 4.74. The highest BCUT2D eigenvalue weighted by atomic mass is 35.5. The fraction of sp³-hybridized carbons (Fsp3) is 0. The van der Waals surface area contributed by atoms with Crippen LogP contribution in [0, 0.1) is 10.1 Å². The van der Waals surface area contributed by atoms with Crippen molar-refractivity contribution in [1.82, 2.24) is 4.57 Å². The van der Waals surface area contributed by atoms with Crippen LogP contribution in [-0.4, -0.2) is 9.49 Å². The van der Waals surface area contributed by atoms with E-state index in [1.165, 1.54) is 29.1 Å². The number of aromatic nitrogens is 1. The van der Waals surface area contributed by atoms with Crippen LogP contribution >= 0.6 is 11.6 Å². The molecule has 0 radical (unpaired) electrons. The van der Waals surface area contributed by atoms with Gasteiger partial charge in [0.1, 0.15) is 10.7 Å². The summed E-state index contributed by atoms with van der Waals surface area (Å²) in [6.45, 7) is 0. The summed E-state index contributed by atoms with van der Waals surface area (Å²) in [5, 5.41) is 17.2. The number of nitro groups is 1. The summed E-state index contributed by atoms with van der Waals surface area (Å²) in [5.74, 6) is 0. The number of nitrogens with one attached hydrogen (secondary N) is 2. The lowest BCUT2D eigenvalue weighted by Gasteiger charge is -2.16. The van der Waals surface area contributed by atoms with Gasteiger partial charge in [0.25, 0.3) is 5.69 Å². The molecule has 0 aliphatic carbocycles. The molecule has 0 saturated heterocycles. The summed E-state index contributed by atoms with van der Waals surface area (Å²) >= 11 is 5.80. The zero-order valence-electron chi connectivity index (χ0n) is 10.5. The third-order valence-corrected chi connectivity index (χ3v) is 3.31. The first-order valence-corrected chi connectivity index (χ1v) is 6.33. The number of nitrogens with zero attached hydrogens (tertiary/aromatic N) is 2. The lowest BCUT2D eigenvalue weighted by Crippen LogP contribution is -2.09. The summed E-state index contributed by atoms with van der Waals surface area (Å²) in [4.78, 5) is 22.1. The summed E-state index contributed by atoms with van der Waals surface area (Å²) in [7, 11) is 0. The largest absolute Gasteiger partial charge is 0.359 e. The van der Waals surface area contributed by atoms with E-state index in [1.807, 2.05) is 0 Å². The van der Waals surface area contributed by atoms with E-state index in [2.05, 4.69) is 10.6 Å². The predicted octanol–water partition coefficient (Wildman–Crippen LogP) is 2.71. The predicted molar refractivity (Wildman–Crippen MR) is 80.1 cm³/mol. The Morgan fingerprint density at radius 2 is 1.86 bits per heavy atom. The van der Waals surface area contributed by atoms with Crippen LogP contribution in [0.4, 0.5) is 17.1 Å². The van der Waals surface area contributed by atoms with Crippen molar-refractivity contribution >= 4 is 28.7 Å². The molecule has 0 amide bonds. The van der Waals surface area contributed by atoms with Crippen LogP contribution < -0.4 is 16.1 Å². The van der Waals surface area contributed by atoms with Gasteiger partial charge in [0.2, 0.25) is 0 Å². The summed E-state index contributed by atoms with van der Waals surface area (Å²) in [6, 6.07) is 4.30. The highest BCUT2D eigenvalue weighted by molar-refractivity contribution is 6.30. The average molecular weight is 305 g/mol. The number of hydrogen-bond acceptors (Lipinski definition) is 5. The monoisotopic (exact) mass is 304 g/mol. The Bertz CT molecular complexity index is 829. The maximum atomic E-state index is 11.3. The van der Waals surface area contributed by atoms with E-state index in [1.54, 1.807) is 18.5 Å². The minimum Gasteiger partial charge on any atom is -0.359 e. The van der Waals surface area contributed by atoms with Gasteiger partial charge in [-0.15, -0.1) is 0 Å². The van der Waals surface area contributed by atoms with Crippen LogP contribution in [-0.2, 0) is 0 Å². The molecule has 2 aromatic rings. The number of rotatable bonds is 2. The van der Waals surface area contributed by atoms with Crippen LogP contribution in [0.3, 0.4) is 0 Å². The second-order valence-electron chi connectivity index (χ2n) is 4.33. The molecule has 21 heavy (non-hydrogen) atoms. The Balaban J connectivity index is 2.23. The molecule has 0 spiro atoms. The fourth-order valence-electron chi connectivity index (χ4n) is 2.04. The van der Waals surface area contributed by atoms with E-state index in [4.69, 9.17) is 11.6 Å². The lowest BCUT2D eigenvalue weighted by molar-refractivity contribution is -0.384. The molecule has 0 bridgehead atoms. The average Bonchev–Trinajstić information content (AvgIpc) is 2.48. The summed E-state index contributed by atoms with van der Waals surface area (Å²) in [5.41, 5.74) is 1.16. The number of nitro benzene ring substituents is 1. The van der Waals surface area contributed by atoms with Gasteiger partial charge in [0, 0.05) is 36.9 Å². The van der Waals surface area contributed by atoms with E-state index in [-0.39, 0.29) is 16.1 Å². The second kappa shape index (κ2) is 4.95. The van der Waals surface area contributed by atoms with Gasteiger partial charge in [-0.25, -0.2) is 0 Å². The van der Waals surface area contributed by atoms with E-state index < -0.39 is 4.92 Å². The smallest absolute Gasteiger partial charge is 0.295 e. The van der Waals surface area contributed by atoms with Crippen LogP contribution in [0.1, 0.15) is 0 Å². The number of pyridine rings is 1. The first kappa shape index (κ1) is 13.2. The van der Waals surface area contributed by atoms with Gasteiger partial charge in [-0.1, -0.05) is 11.6 Å². The quantitative estimate of drug-likeness (QED) is 0.657. The van der Waals surface area contributed by atoms with Gasteiger partial charge in [-0.2, -0.15) is 0 Å². The van der Waals surface area contributed by atoms with Gasteiger partial charge in [-0.3, -0.25) is 14.9 Å². The Morgan fingerprint density at radius 1 is 1.19 bits per heavy atom. The molecule has 8 heteroatoms. The number of hydrogen-bond donors (Lipinski definition) is 2. The van der Waals surface area contributed by atoms with Gasteiger partial charge < -0.3 is 15.2 Å². The van der Waals surface area contributed by atoms with Crippen molar-refractivity contribution in [3.63, 3.8) is 0 Å². The third-order valence-electron chi connectivity index (χ3n) is 3.02. The van der Waals surface area contributed by atoms with Crippen LogP contribution in [0.15, 0.2) is 47.8 Å². The molecule has 1 aromatic heterocycles. The molecule has 0 fully saturated rings. The molecule has 7 nitrogen and oxygen atoms in total. The van der Waals surface area contributed by atoms with Crippen LogP contribution in [0.2, 0.25) is 5.02 Å². The number of anilines is 2. The topological polar surface area (TPSA) is 89.2 Å². The molecule has 3 rings (SSSR count). The van der Waals surface area contributed by atoms with Gasteiger partial charge >= 0.3 is 0 Å². The Kier molecular flexibility index (Phi) is 3.11. The van der Waals surface area contributed by atoms with E-state index in [0.29, 0.717) is 17.1 Å². The SMILES string of the molecule is O=c1ccn(-c2cc3c(cc2[N+](=O)[O-])NC=CN3)cc1Cl. The standard InChI is InChI=1S/C13H9ClN4O3/c14-8-7-17(4-1-13(8)19)11-5-9-10(16-3-2-15-9)6-12(11)18(20)21/h1-7,15-16H. The molecule has 106 valence electrons. The summed E-state index contributed by atoms with van der Waals surface area (Å²) < 4.78 is 1.45. The fourth-order valence-corrected chi connectivity index (χ4v) is 2.21. The maximum Gasteiger partial charge on any atom is 0.295 e. The van der Waals surface area contributed by atoms with Crippen molar-refractivity contribution in [2.75, 3.05) is 10.6 Å². The molecule has 0 atom stereocenters. The summed E-state index contributed by atoms with van der Waals surface area (Å²) in [6.07, 6.45) is 6.11. The Hall–Kier alpha value is -2.80. The van der Waals surface area contributed by atoms with Gasteiger partial charge in [-0.05, 0) is 6.07 Å². The van der Waals surface area contributed by atoms with Crippen molar-refractivity contribution in [1.29, 1.82) is 0 Å². The number of halogens is 1. The van der Waals surface area contributed by atoms with Crippen LogP contribution in [0.25, 0.3) is 5.69 Å². The lowest BCUT2D eigenvalue weighted by atomic mass is 10.2. The minimum atomic E-state index is -0.484. The molecule has 2 N–H and O–H groups in total. The van der Waals surface area contributed by atoms with E-state index in [9.17, 15) is 14.9 Å². The molecule has 1 aliphatic heterocycles. The molecule has 0 saturated carbocycles. The molecule has 1 aliphatic rings. The Morgan fingerprint density at radius 3 is 2.48 bits per heavy atom. The van der Waals surface area contributed by atoms with Gasteiger partial charge in [0.15, 0.2) is 5.43 Å². The van der Waals surface area contributed by atoms with Crippen molar-refractivity contribution in [2.45, 2.75) is 0 Å². The van der Waals surface area contributed by atoms with Gasteiger partial charge in [0.05, 0.1) is 16.3 Å². The molecule has 0 unspecified atom stereocenters.